The summed E-state index contributed by atoms with van der Waals surface area (Å²) in [5.41, 5.74) is 3.57. The quantitative estimate of drug-likeness (QED) is 0.719. The maximum atomic E-state index is 12.1. The molecule has 3 aromatic rings. The summed E-state index contributed by atoms with van der Waals surface area (Å²) in [4.78, 5) is 12.1. The maximum absolute atomic E-state index is 12.1. The minimum Gasteiger partial charge on any atom is -0.497 e. The van der Waals surface area contributed by atoms with Gasteiger partial charge in [0.1, 0.15) is 5.75 Å². The number of esters is 1. The van der Waals surface area contributed by atoms with Gasteiger partial charge >= 0.3 is 5.97 Å². The molecule has 0 bridgehead atoms. The molecule has 0 amide bonds. The number of hydrogen-bond acceptors (Lipinski definition) is 6. The van der Waals surface area contributed by atoms with Crippen molar-refractivity contribution in [3.63, 3.8) is 0 Å². The van der Waals surface area contributed by atoms with Crippen LogP contribution in [0, 0.1) is 0 Å². The van der Waals surface area contributed by atoms with Crippen molar-refractivity contribution in [2.45, 2.75) is 12.3 Å². The molecule has 3 heterocycles. The van der Waals surface area contributed by atoms with Crippen LogP contribution in [0.25, 0.3) is 11.3 Å². The van der Waals surface area contributed by atoms with Gasteiger partial charge in [0.2, 0.25) is 12.7 Å². The van der Waals surface area contributed by atoms with Crippen molar-refractivity contribution in [1.82, 2.24) is 10.2 Å². The molecule has 2 aliphatic rings. The Morgan fingerprint density at radius 2 is 1.93 bits per heavy atom. The van der Waals surface area contributed by atoms with E-state index in [0.29, 0.717) is 17.4 Å². The fourth-order valence-electron chi connectivity index (χ4n) is 3.55. The first kappa shape index (κ1) is 15.7. The lowest BCUT2D eigenvalue weighted by molar-refractivity contribution is -0.135. The molecule has 27 heavy (non-hydrogen) atoms. The van der Waals surface area contributed by atoms with Crippen LogP contribution in [0.2, 0.25) is 0 Å². The predicted molar refractivity (Wildman–Crippen MR) is 95.2 cm³/mol. The van der Waals surface area contributed by atoms with Crippen LogP contribution in [0.1, 0.15) is 23.5 Å². The first-order valence-electron chi connectivity index (χ1n) is 8.56. The zero-order valence-electron chi connectivity index (χ0n) is 14.5. The van der Waals surface area contributed by atoms with Crippen LogP contribution < -0.4 is 18.9 Å². The molecule has 0 aliphatic carbocycles. The Kier molecular flexibility index (Phi) is 3.53. The summed E-state index contributed by atoms with van der Waals surface area (Å²) >= 11 is 0. The van der Waals surface area contributed by atoms with E-state index < -0.39 is 0 Å². The van der Waals surface area contributed by atoms with E-state index in [1.54, 1.807) is 7.11 Å². The van der Waals surface area contributed by atoms with Gasteiger partial charge in [0, 0.05) is 11.5 Å². The second-order valence-electron chi connectivity index (χ2n) is 6.39. The van der Waals surface area contributed by atoms with E-state index in [9.17, 15) is 4.79 Å². The predicted octanol–water partition coefficient (Wildman–Crippen LogP) is 3.26. The summed E-state index contributed by atoms with van der Waals surface area (Å²) in [6, 6.07) is 13.4. The summed E-state index contributed by atoms with van der Waals surface area (Å²) in [7, 11) is 1.63. The zero-order valence-corrected chi connectivity index (χ0v) is 14.5. The lowest BCUT2D eigenvalue weighted by Crippen LogP contribution is -2.20. The number of aromatic nitrogens is 2. The average molecular weight is 364 g/mol. The Labute approximate surface area is 154 Å². The maximum Gasteiger partial charge on any atom is 0.313 e. The number of nitrogens with zero attached hydrogens (tertiary/aromatic N) is 1. The molecule has 1 N–H and O–H groups in total. The molecule has 0 saturated heterocycles. The van der Waals surface area contributed by atoms with Gasteiger partial charge in [-0.2, -0.15) is 0 Å². The van der Waals surface area contributed by atoms with Gasteiger partial charge in [-0.1, -0.05) is 6.07 Å². The molecule has 7 heteroatoms. The van der Waals surface area contributed by atoms with Crippen LogP contribution in [0.15, 0.2) is 42.5 Å². The minimum absolute atomic E-state index is 0.188. The van der Waals surface area contributed by atoms with Gasteiger partial charge in [-0.25, -0.2) is 0 Å². The van der Waals surface area contributed by atoms with Gasteiger partial charge in [-0.3, -0.25) is 9.89 Å². The van der Waals surface area contributed by atoms with Crippen LogP contribution in [0.5, 0.6) is 23.1 Å². The van der Waals surface area contributed by atoms with Crippen molar-refractivity contribution in [1.29, 1.82) is 0 Å². The van der Waals surface area contributed by atoms with Crippen molar-refractivity contribution in [2.75, 3.05) is 13.9 Å². The van der Waals surface area contributed by atoms with Crippen LogP contribution in [-0.4, -0.2) is 30.1 Å². The molecule has 0 radical (unpaired) electrons. The number of H-pyrrole nitrogens is 1. The third-order valence-corrected chi connectivity index (χ3v) is 4.88. The van der Waals surface area contributed by atoms with Crippen molar-refractivity contribution >= 4 is 5.97 Å². The Bertz CT molecular complexity index is 1030. The van der Waals surface area contributed by atoms with Crippen LogP contribution >= 0.6 is 0 Å². The molecule has 2 aliphatic heterocycles. The molecule has 1 aromatic heterocycles. The highest BCUT2D eigenvalue weighted by molar-refractivity contribution is 5.80. The van der Waals surface area contributed by atoms with E-state index in [1.807, 2.05) is 42.5 Å². The molecule has 2 aromatic carbocycles. The van der Waals surface area contributed by atoms with Crippen molar-refractivity contribution in [2.24, 2.45) is 0 Å². The highest BCUT2D eigenvalue weighted by Gasteiger charge is 2.34. The number of nitrogens with one attached hydrogen (secondary N) is 1. The molecule has 0 unspecified atom stereocenters. The monoisotopic (exact) mass is 364 g/mol. The number of rotatable bonds is 3. The lowest BCUT2D eigenvalue weighted by Gasteiger charge is -2.22. The third-order valence-electron chi connectivity index (χ3n) is 4.88. The van der Waals surface area contributed by atoms with E-state index in [0.717, 1.165) is 28.1 Å². The van der Waals surface area contributed by atoms with Gasteiger partial charge < -0.3 is 18.9 Å². The average Bonchev–Trinajstić information content (AvgIpc) is 3.33. The molecule has 0 saturated carbocycles. The van der Waals surface area contributed by atoms with Gasteiger partial charge in [0.05, 0.1) is 24.8 Å². The molecular weight excluding hydrogens is 348 g/mol. The fourth-order valence-corrected chi connectivity index (χ4v) is 3.55. The van der Waals surface area contributed by atoms with Crippen LogP contribution in [0.3, 0.4) is 0 Å². The first-order valence-corrected chi connectivity index (χ1v) is 8.56. The van der Waals surface area contributed by atoms with E-state index in [1.165, 1.54) is 0 Å². The summed E-state index contributed by atoms with van der Waals surface area (Å²) < 4.78 is 21.5. The van der Waals surface area contributed by atoms with E-state index >= 15 is 0 Å². The number of methoxy groups -OCH3 is 1. The smallest absolute Gasteiger partial charge is 0.313 e. The molecule has 1 atom stereocenters. The third kappa shape index (κ3) is 2.59. The number of hydrogen-bond donors (Lipinski definition) is 1. The zero-order chi connectivity index (χ0) is 18.4. The van der Waals surface area contributed by atoms with Crippen LogP contribution in [0.4, 0.5) is 0 Å². The Morgan fingerprint density at radius 1 is 1.11 bits per heavy atom. The second-order valence-corrected chi connectivity index (χ2v) is 6.39. The Hall–Kier alpha value is -3.48. The van der Waals surface area contributed by atoms with Gasteiger partial charge in [-0.15, -0.1) is 5.10 Å². The Morgan fingerprint density at radius 3 is 2.74 bits per heavy atom. The van der Waals surface area contributed by atoms with Crippen molar-refractivity contribution in [3.8, 4) is 34.4 Å². The number of ether oxygens (including phenoxy) is 4. The molecule has 0 spiro atoms. The summed E-state index contributed by atoms with van der Waals surface area (Å²) in [5, 5.41) is 7.24. The van der Waals surface area contributed by atoms with Crippen molar-refractivity contribution < 1.29 is 23.7 Å². The Balaban J connectivity index is 1.61. The summed E-state index contributed by atoms with van der Waals surface area (Å²) in [5.74, 6) is 1.98. The van der Waals surface area contributed by atoms with Gasteiger partial charge in [0.25, 0.3) is 0 Å². The summed E-state index contributed by atoms with van der Waals surface area (Å²) in [6.07, 6.45) is 0.231. The number of carbonyl (C=O) groups is 1. The largest absolute Gasteiger partial charge is 0.497 e. The number of carbonyl (C=O) groups excluding carboxylic acids is 1. The van der Waals surface area contributed by atoms with Crippen molar-refractivity contribution in [3.05, 3.63) is 53.6 Å². The fraction of sp³-hybridized carbons (Fsp3) is 0.200. The number of fused-ring (bicyclic) bond motifs is 2. The number of aromatic amines is 1. The van der Waals surface area contributed by atoms with E-state index in [2.05, 4.69) is 10.2 Å². The molecular formula is C20H16N2O5. The lowest BCUT2D eigenvalue weighted by atomic mass is 9.85. The summed E-state index contributed by atoms with van der Waals surface area (Å²) in [6.45, 7) is 0.208. The normalized spacial score (nSPS) is 17.4. The SMILES string of the molecule is COc1ccc(-c2[nH]nc3c2[C@@H](c2ccc4c(c2)OCO4)CC(=O)O3)cc1. The standard InChI is InChI=1S/C20H16N2O5/c1-24-13-5-2-11(3-6-13)19-18-14(9-17(23)27-20(18)22-21-19)12-4-7-15-16(8-12)26-10-25-15/h2-8,14H,9-10H2,1H3,(H,21,22)/t14-/m1/s1. The highest BCUT2D eigenvalue weighted by Crippen LogP contribution is 2.45. The topological polar surface area (TPSA) is 82.7 Å². The highest BCUT2D eigenvalue weighted by atomic mass is 16.7. The van der Waals surface area contributed by atoms with Gasteiger partial charge in [-0.05, 0) is 42.0 Å². The first-order chi connectivity index (χ1) is 13.2. The number of benzene rings is 2. The molecule has 0 fully saturated rings. The molecule has 7 nitrogen and oxygen atoms in total. The minimum atomic E-state index is -0.307. The van der Waals surface area contributed by atoms with E-state index in [-0.39, 0.29) is 25.1 Å². The second kappa shape index (κ2) is 6.05. The molecule has 5 rings (SSSR count). The van der Waals surface area contributed by atoms with Gasteiger partial charge in [0.15, 0.2) is 11.5 Å². The molecule has 136 valence electrons. The van der Waals surface area contributed by atoms with E-state index in [4.69, 9.17) is 18.9 Å². The van der Waals surface area contributed by atoms with Crippen LogP contribution in [-0.2, 0) is 4.79 Å².